The van der Waals surface area contributed by atoms with Crippen LogP contribution in [-0.4, -0.2) is 55.3 Å². The van der Waals surface area contributed by atoms with Gasteiger partial charge < -0.3 is 4.74 Å². The van der Waals surface area contributed by atoms with E-state index in [1.807, 2.05) is 0 Å². The van der Waals surface area contributed by atoms with Crippen molar-refractivity contribution in [2.45, 2.75) is 37.5 Å². The van der Waals surface area contributed by atoms with E-state index in [9.17, 15) is 22.8 Å². The van der Waals surface area contributed by atoms with E-state index in [2.05, 4.69) is 5.43 Å². The molecule has 0 saturated carbocycles. The predicted molar refractivity (Wildman–Crippen MR) is 119 cm³/mol. The van der Waals surface area contributed by atoms with Gasteiger partial charge in [-0.15, -0.1) is 0 Å². The van der Waals surface area contributed by atoms with E-state index in [0.717, 1.165) is 24.3 Å². The van der Waals surface area contributed by atoms with Crippen LogP contribution in [0.1, 0.15) is 53.3 Å². The standard InChI is InChI=1S/C21H25N3O6S2/c1-2-10-24(21(27)30-20(26)17-9-13-31-15-17)22-19(25)16-7-6-8-18(14-16)32(28,29)23-11-4-3-5-12-23/h6-9,13-15H,2-5,10-12H2,1H3,(H,22,25). The minimum atomic E-state index is -3.71. The summed E-state index contributed by atoms with van der Waals surface area (Å²) in [5.41, 5.74) is 2.71. The SMILES string of the molecule is CCCN(NC(=O)c1cccc(S(=O)(=O)N2CCCCC2)c1)C(=O)OC(=O)c1ccsc1. The Bertz CT molecular complexity index is 1060. The molecule has 2 amide bonds. The van der Waals surface area contributed by atoms with E-state index >= 15 is 0 Å². The first-order chi connectivity index (χ1) is 15.3. The highest BCUT2D eigenvalue weighted by atomic mass is 32.2. The van der Waals surface area contributed by atoms with Gasteiger partial charge in [0.25, 0.3) is 5.91 Å². The Kier molecular flexibility index (Phi) is 7.99. The summed E-state index contributed by atoms with van der Waals surface area (Å²) in [6, 6.07) is 7.19. The quantitative estimate of drug-likeness (QED) is 0.387. The summed E-state index contributed by atoms with van der Waals surface area (Å²) in [5.74, 6) is -1.50. The van der Waals surface area contributed by atoms with Crippen LogP contribution in [0.15, 0.2) is 46.0 Å². The number of hydrazine groups is 1. The van der Waals surface area contributed by atoms with Gasteiger partial charge in [0.2, 0.25) is 10.0 Å². The number of carbonyl (C=O) groups is 3. The van der Waals surface area contributed by atoms with Crippen LogP contribution < -0.4 is 5.43 Å². The maximum Gasteiger partial charge on any atom is 0.436 e. The van der Waals surface area contributed by atoms with E-state index in [1.165, 1.54) is 46.0 Å². The highest BCUT2D eigenvalue weighted by Gasteiger charge is 2.27. The largest absolute Gasteiger partial charge is 0.436 e. The number of hydrogen-bond donors (Lipinski definition) is 1. The van der Waals surface area contributed by atoms with Gasteiger partial charge in [0.1, 0.15) is 0 Å². The molecular weight excluding hydrogens is 454 g/mol. The lowest BCUT2D eigenvalue weighted by atomic mass is 10.2. The number of rotatable bonds is 6. The highest BCUT2D eigenvalue weighted by Crippen LogP contribution is 2.21. The molecule has 1 N–H and O–H groups in total. The Morgan fingerprint density at radius 3 is 2.53 bits per heavy atom. The fourth-order valence-electron chi connectivity index (χ4n) is 3.23. The lowest BCUT2D eigenvalue weighted by molar-refractivity contribution is 0.0463. The van der Waals surface area contributed by atoms with Gasteiger partial charge in [-0.3, -0.25) is 10.2 Å². The minimum absolute atomic E-state index is 0.0179. The van der Waals surface area contributed by atoms with Crippen molar-refractivity contribution < 1.29 is 27.5 Å². The van der Waals surface area contributed by atoms with E-state index in [-0.39, 0.29) is 22.6 Å². The van der Waals surface area contributed by atoms with Gasteiger partial charge in [-0.2, -0.15) is 15.6 Å². The molecule has 0 radical (unpaired) electrons. The number of amides is 2. The molecule has 0 atom stereocenters. The Balaban J connectivity index is 1.72. The number of nitrogens with zero attached hydrogens (tertiary/aromatic N) is 2. The number of sulfonamides is 1. The van der Waals surface area contributed by atoms with Gasteiger partial charge in [0, 0.05) is 30.6 Å². The highest BCUT2D eigenvalue weighted by molar-refractivity contribution is 7.89. The van der Waals surface area contributed by atoms with Gasteiger partial charge in [-0.25, -0.2) is 23.0 Å². The van der Waals surface area contributed by atoms with Crippen molar-refractivity contribution in [1.29, 1.82) is 0 Å². The third-order valence-corrected chi connectivity index (χ3v) is 7.47. The molecule has 1 fully saturated rings. The second-order valence-corrected chi connectivity index (χ2v) is 9.97. The Morgan fingerprint density at radius 1 is 1.12 bits per heavy atom. The number of piperidine rings is 1. The van der Waals surface area contributed by atoms with Crippen molar-refractivity contribution in [3.05, 3.63) is 52.2 Å². The van der Waals surface area contributed by atoms with Crippen LogP contribution in [-0.2, 0) is 14.8 Å². The van der Waals surface area contributed by atoms with Crippen LogP contribution in [0.2, 0.25) is 0 Å². The Hall–Kier alpha value is -2.76. The molecule has 3 rings (SSSR count). The molecule has 32 heavy (non-hydrogen) atoms. The van der Waals surface area contributed by atoms with Crippen molar-refractivity contribution in [3.8, 4) is 0 Å². The zero-order valence-electron chi connectivity index (χ0n) is 17.7. The summed E-state index contributed by atoms with van der Waals surface area (Å²) in [6.07, 6.45) is 2.07. The third kappa shape index (κ3) is 5.72. The smallest absolute Gasteiger partial charge is 0.371 e. The summed E-state index contributed by atoms with van der Waals surface area (Å²) in [4.78, 5) is 37.2. The number of hydrogen-bond acceptors (Lipinski definition) is 7. The van der Waals surface area contributed by atoms with Crippen molar-refractivity contribution >= 4 is 39.3 Å². The van der Waals surface area contributed by atoms with E-state index in [4.69, 9.17) is 4.74 Å². The number of thiophene rings is 1. The molecule has 2 heterocycles. The summed E-state index contributed by atoms with van der Waals surface area (Å²) >= 11 is 1.29. The molecule has 11 heteroatoms. The summed E-state index contributed by atoms with van der Waals surface area (Å²) < 4.78 is 32.1. The summed E-state index contributed by atoms with van der Waals surface area (Å²) in [6.45, 7) is 2.80. The monoisotopic (exact) mass is 479 g/mol. The Labute approximate surface area is 191 Å². The zero-order chi connectivity index (χ0) is 23.1. The molecule has 0 aliphatic carbocycles. The van der Waals surface area contributed by atoms with E-state index < -0.39 is 28.0 Å². The van der Waals surface area contributed by atoms with Gasteiger partial charge in [0.05, 0.1) is 10.5 Å². The molecule has 2 aromatic rings. The molecule has 1 aliphatic rings. The topological polar surface area (TPSA) is 113 Å². The zero-order valence-corrected chi connectivity index (χ0v) is 19.3. The van der Waals surface area contributed by atoms with Crippen LogP contribution in [0.3, 0.4) is 0 Å². The predicted octanol–water partition coefficient (Wildman–Crippen LogP) is 3.26. The van der Waals surface area contributed by atoms with Gasteiger partial charge >= 0.3 is 12.1 Å². The molecule has 172 valence electrons. The molecule has 1 saturated heterocycles. The fourth-order valence-corrected chi connectivity index (χ4v) is 5.42. The molecule has 0 unspecified atom stereocenters. The molecule has 1 aromatic heterocycles. The molecule has 9 nitrogen and oxygen atoms in total. The average Bonchev–Trinajstić information content (AvgIpc) is 3.34. The van der Waals surface area contributed by atoms with E-state index in [0.29, 0.717) is 19.5 Å². The van der Waals surface area contributed by atoms with Crippen LogP contribution in [0.4, 0.5) is 4.79 Å². The van der Waals surface area contributed by atoms with Crippen LogP contribution >= 0.6 is 11.3 Å². The summed E-state index contributed by atoms with van der Waals surface area (Å²) in [7, 11) is -3.71. The normalized spacial score (nSPS) is 14.5. The lowest BCUT2D eigenvalue weighted by Gasteiger charge is -2.26. The number of esters is 1. The first-order valence-corrected chi connectivity index (χ1v) is 12.7. The van der Waals surface area contributed by atoms with Crippen LogP contribution in [0, 0.1) is 0 Å². The molecule has 0 bridgehead atoms. The maximum atomic E-state index is 12.9. The number of carbonyl (C=O) groups excluding carboxylic acids is 3. The summed E-state index contributed by atoms with van der Waals surface area (Å²) in [5, 5.41) is 4.13. The van der Waals surface area contributed by atoms with Crippen molar-refractivity contribution in [1.82, 2.24) is 14.7 Å². The van der Waals surface area contributed by atoms with Crippen molar-refractivity contribution in [3.63, 3.8) is 0 Å². The first-order valence-electron chi connectivity index (χ1n) is 10.3. The second-order valence-electron chi connectivity index (χ2n) is 7.25. The fraction of sp³-hybridized carbons (Fsp3) is 0.381. The average molecular weight is 480 g/mol. The van der Waals surface area contributed by atoms with E-state index in [1.54, 1.807) is 17.7 Å². The first kappa shape index (κ1) is 23.9. The van der Waals surface area contributed by atoms with Crippen LogP contribution in [0.25, 0.3) is 0 Å². The minimum Gasteiger partial charge on any atom is -0.371 e. The van der Waals surface area contributed by atoms with Gasteiger partial charge in [-0.1, -0.05) is 19.4 Å². The second kappa shape index (κ2) is 10.7. The van der Waals surface area contributed by atoms with Gasteiger partial charge in [-0.05, 0) is 48.9 Å². The molecule has 1 aromatic carbocycles. The molecule has 1 aliphatic heterocycles. The molecular formula is C21H25N3O6S2. The molecule has 0 spiro atoms. The maximum absolute atomic E-state index is 12.9. The van der Waals surface area contributed by atoms with Gasteiger partial charge in [0.15, 0.2) is 0 Å². The lowest BCUT2D eigenvalue weighted by Crippen LogP contribution is -2.47. The third-order valence-electron chi connectivity index (χ3n) is 4.89. The Morgan fingerprint density at radius 2 is 1.88 bits per heavy atom. The van der Waals surface area contributed by atoms with Crippen molar-refractivity contribution in [2.75, 3.05) is 19.6 Å². The number of ether oxygens (including phenoxy) is 1. The van der Waals surface area contributed by atoms with Crippen LogP contribution in [0.5, 0.6) is 0 Å². The number of benzene rings is 1. The van der Waals surface area contributed by atoms with Crippen molar-refractivity contribution in [2.24, 2.45) is 0 Å². The number of nitrogens with one attached hydrogen (secondary N) is 1.